The average molecular weight is 318 g/mol. The molecule has 1 N–H and O–H groups in total. The van der Waals surface area contributed by atoms with E-state index in [1.807, 2.05) is 78.9 Å². The zero-order valence-electron chi connectivity index (χ0n) is 13.2. The molecule has 3 rings (SSSR count). The summed E-state index contributed by atoms with van der Waals surface area (Å²) in [4.78, 5) is 0. The van der Waals surface area contributed by atoms with Crippen LogP contribution < -0.4 is 4.74 Å². The van der Waals surface area contributed by atoms with E-state index >= 15 is 0 Å². The molecule has 3 aromatic rings. The van der Waals surface area contributed by atoms with Gasteiger partial charge >= 0.3 is 0 Å². The molecule has 0 bridgehead atoms. The molecule has 3 aromatic carbocycles. The number of aliphatic hydroxyl groups is 1. The zero-order chi connectivity index (χ0) is 16.6. The number of hydrogen-bond donors (Lipinski definition) is 1. The van der Waals surface area contributed by atoms with Gasteiger partial charge in [-0.3, -0.25) is 0 Å². The Kier molecular flexibility index (Phi) is 5.32. The lowest BCUT2D eigenvalue weighted by molar-refractivity contribution is 0.282. The molecule has 120 valence electrons. The minimum atomic E-state index is 0.0296. The van der Waals surface area contributed by atoms with Crippen LogP contribution in [0.15, 0.2) is 89.1 Å². The molecule has 0 saturated heterocycles. The Bertz CT molecular complexity index is 782. The van der Waals surface area contributed by atoms with Crippen molar-refractivity contribution in [2.24, 2.45) is 10.2 Å². The Labute approximate surface area is 141 Å². The number of hydrogen-bond acceptors (Lipinski definition) is 4. The van der Waals surface area contributed by atoms with Gasteiger partial charge in [0.15, 0.2) is 0 Å². The normalized spacial score (nSPS) is 10.9. The fourth-order valence-electron chi connectivity index (χ4n) is 2.13. The maximum absolute atomic E-state index is 9.01. The SMILES string of the molecule is OCc1ccc(N=Nc2ccc(OCc3ccccc3)cc2)cc1. The fourth-order valence-corrected chi connectivity index (χ4v) is 2.13. The van der Waals surface area contributed by atoms with Gasteiger partial charge in [0.2, 0.25) is 0 Å². The fraction of sp³-hybridized carbons (Fsp3) is 0.100. The third-order valence-electron chi connectivity index (χ3n) is 3.48. The largest absolute Gasteiger partial charge is 0.489 e. The third-order valence-corrected chi connectivity index (χ3v) is 3.48. The predicted molar refractivity (Wildman–Crippen MR) is 93.8 cm³/mol. The van der Waals surface area contributed by atoms with E-state index in [2.05, 4.69) is 10.2 Å². The highest BCUT2D eigenvalue weighted by molar-refractivity contribution is 5.43. The lowest BCUT2D eigenvalue weighted by Gasteiger charge is -2.06. The Morgan fingerprint density at radius 3 is 1.83 bits per heavy atom. The summed E-state index contributed by atoms with van der Waals surface area (Å²) in [6.45, 7) is 0.570. The van der Waals surface area contributed by atoms with Crippen molar-refractivity contribution in [1.82, 2.24) is 0 Å². The Balaban J connectivity index is 1.58. The van der Waals surface area contributed by atoms with Crippen molar-refractivity contribution in [3.8, 4) is 5.75 Å². The third kappa shape index (κ3) is 4.51. The van der Waals surface area contributed by atoms with Gasteiger partial charge in [-0.2, -0.15) is 10.2 Å². The van der Waals surface area contributed by atoms with Gasteiger partial charge in [-0.05, 0) is 47.5 Å². The highest BCUT2D eigenvalue weighted by Gasteiger charge is 1.97. The highest BCUT2D eigenvalue weighted by atomic mass is 16.5. The standard InChI is InChI=1S/C20H18N2O2/c23-14-16-6-8-18(9-7-16)21-22-19-10-12-20(13-11-19)24-15-17-4-2-1-3-5-17/h1-13,23H,14-15H2. The summed E-state index contributed by atoms with van der Waals surface area (Å²) < 4.78 is 5.74. The Morgan fingerprint density at radius 1 is 0.667 bits per heavy atom. The minimum Gasteiger partial charge on any atom is -0.489 e. The van der Waals surface area contributed by atoms with Crippen molar-refractivity contribution in [3.05, 3.63) is 90.0 Å². The summed E-state index contributed by atoms with van der Waals surface area (Å²) in [7, 11) is 0. The van der Waals surface area contributed by atoms with Crippen molar-refractivity contribution in [2.45, 2.75) is 13.2 Å². The molecule has 0 aliphatic carbocycles. The number of rotatable bonds is 6. The van der Waals surface area contributed by atoms with Crippen molar-refractivity contribution in [1.29, 1.82) is 0 Å². The summed E-state index contributed by atoms with van der Waals surface area (Å²) in [5.74, 6) is 0.796. The van der Waals surface area contributed by atoms with Crippen LogP contribution in [0.5, 0.6) is 5.75 Å². The lowest BCUT2D eigenvalue weighted by atomic mass is 10.2. The number of nitrogens with zero attached hydrogens (tertiary/aromatic N) is 2. The number of azo groups is 1. The molecule has 0 heterocycles. The van der Waals surface area contributed by atoms with Gasteiger partial charge in [-0.25, -0.2) is 0 Å². The summed E-state index contributed by atoms with van der Waals surface area (Å²) >= 11 is 0. The summed E-state index contributed by atoms with van der Waals surface area (Å²) in [6, 6.07) is 24.8. The van der Waals surface area contributed by atoms with E-state index in [-0.39, 0.29) is 6.61 Å². The van der Waals surface area contributed by atoms with E-state index in [9.17, 15) is 0 Å². The van der Waals surface area contributed by atoms with Gasteiger partial charge in [0, 0.05) is 0 Å². The first-order chi connectivity index (χ1) is 11.8. The topological polar surface area (TPSA) is 54.2 Å². The van der Waals surface area contributed by atoms with E-state index in [0.29, 0.717) is 6.61 Å². The second-order valence-corrected chi connectivity index (χ2v) is 5.29. The molecule has 0 radical (unpaired) electrons. The molecule has 0 atom stereocenters. The first-order valence-electron chi connectivity index (χ1n) is 7.72. The van der Waals surface area contributed by atoms with Crippen LogP contribution in [0.3, 0.4) is 0 Å². The van der Waals surface area contributed by atoms with Crippen LogP contribution in [0.1, 0.15) is 11.1 Å². The molecule has 4 nitrogen and oxygen atoms in total. The van der Waals surface area contributed by atoms with Gasteiger partial charge < -0.3 is 9.84 Å². The van der Waals surface area contributed by atoms with Crippen LogP contribution in [-0.2, 0) is 13.2 Å². The predicted octanol–water partition coefficient (Wildman–Crippen LogP) is 5.17. The molecule has 0 amide bonds. The molecule has 0 aliphatic heterocycles. The lowest BCUT2D eigenvalue weighted by Crippen LogP contribution is -1.94. The van der Waals surface area contributed by atoms with Crippen LogP contribution >= 0.6 is 0 Å². The van der Waals surface area contributed by atoms with Crippen LogP contribution in [0.4, 0.5) is 11.4 Å². The van der Waals surface area contributed by atoms with E-state index in [1.54, 1.807) is 0 Å². The van der Waals surface area contributed by atoms with Crippen LogP contribution in [0, 0.1) is 0 Å². The molecule has 0 aromatic heterocycles. The average Bonchev–Trinajstić information content (AvgIpc) is 2.67. The van der Waals surface area contributed by atoms with E-state index in [0.717, 1.165) is 28.3 Å². The summed E-state index contributed by atoms with van der Waals surface area (Å²) in [5.41, 5.74) is 3.49. The smallest absolute Gasteiger partial charge is 0.119 e. The molecule has 4 heteroatoms. The van der Waals surface area contributed by atoms with Gasteiger partial charge in [-0.15, -0.1) is 0 Å². The van der Waals surface area contributed by atoms with Gasteiger partial charge in [0.1, 0.15) is 12.4 Å². The number of aliphatic hydroxyl groups excluding tert-OH is 1. The number of ether oxygens (including phenoxy) is 1. The van der Waals surface area contributed by atoms with E-state index in [4.69, 9.17) is 9.84 Å². The molecule has 0 unspecified atom stereocenters. The van der Waals surface area contributed by atoms with Crippen LogP contribution in [0.2, 0.25) is 0 Å². The Morgan fingerprint density at radius 2 is 1.25 bits per heavy atom. The molecule has 0 saturated carbocycles. The number of benzene rings is 3. The van der Waals surface area contributed by atoms with Crippen molar-refractivity contribution < 1.29 is 9.84 Å². The first-order valence-corrected chi connectivity index (χ1v) is 7.72. The first kappa shape index (κ1) is 15.9. The van der Waals surface area contributed by atoms with Crippen molar-refractivity contribution in [3.63, 3.8) is 0 Å². The zero-order valence-corrected chi connectivity index (χ0v) is 13.2. The molecular weight excluding hydrogens is 300 g/mol. The van der Waals surface area contributed by atoms with Crippen LogP contribution in [-0.4, -0.2) is 5.11 Å². The van der Waals surface area contributed by atoms with E-state index in [1.165, 1.54) is 0 Å². The van der Waals surface area contributed by atoms with Crippen molar-refractivity contribution >= 4 is 11.4 Å². The molecule has 0 spiro atoms. The van der Waals surface area contributed by atoms with Crippen molar-refractivity contribution in [2.75, 3.05) is 0 Å². The summed E-state index contributed by atoms with van der Waals surface area (Å²) in [5, 5.41) is 17.4. The maximum atomic E-state index is 9.01. The van der Waals surface area contributed by atoms with Gasteiger partial charge in [-0.1, -0.05) is 42.5 Å². The Hall–Kier alpha value is -2.98. The van der Waals surface area contributed by atoms with Crippen LogP contribution in [0.25, 0.3) is 0 Å². The molecule has 24 heavy (non-hydrogen) atoms. The second kappa shape index (κ2) is 8.04. The quantitative estimate of drug-likeness (QED) is 0.637. The summed E-state index contributed by atoms with van der Waals surface area (Å²) in [6.07, 6.45) is 0. The molecule has 0 aliphatic rings. The van der Waals surface area contributed by atoms with Gasteiger partial charge in [0.05, 0.1) is 18.0 Å². The molecular formula is C20H18N2O2. The highest BCUT2D eigenvalue weighted by Crippen LogP contribution is 2.22. The van der Waals surface area contributed by atoms with Gasteiger partial charge in [0.25, 0.3) is 0 Å². The second-order valence-electron chi connectivity index (χ2n) is 5.29. The minimum absolute atomic E-state index is 0.0296. The monoisotopic (exact) mass is 318 g/mol. The van der Waals surface area contributed by atoms with E-state index < -0.39 is 0 Å². The molecule has 0 fully saturated rings. The maximum Gasteiger partial charge on any atom is 0.119 e.